The summed E-state index contributed by atoms with van der Waals surface area (Å²) in [5, 5.41) is 0. The first-order chi connectivity index (χ1) is 10.8. The fraction of sp³-hybridized carbons (Fsp3) is 0.474. The van der Waals surface area contributed by atoms with Crippen LogP contribution in [0.5, 0.6) is 0 Å². The largest absolute Gasteiger partial charge is 0.237 e. The number of halogens is 1. The van der Waals surface area contributed by atoms with Gasteiger partial charge in [-0.15, -0.1) is 0 Å². The summed E-state index contributed by atoms with van der Waals surface area (Å²) < 4.78 is 13.0. The predicted molar refractivity (Wildman–Crippen MR) is 87.0 cm³/mol. The van der Waals surface area contributed by atoms with E-state index in [9.17, 15) is 4.39 Å². The maximum Gasteiger partial charge on any atom is 0.159 e. The molecule has 3 heteroatoms. The zero-order valence-corrected chi connectivity index (χ0v) is 13.1. The van der Waals surface area contributed by atoms with E-state index in [0.29, 0.717) is 11.7 Å². The molecule has 0 aliphatic heterocycles. The zero-order chi connectivity index (χ0) is 15.4. The molecular weight excluding hydrogens is 275 g/mol. The summed E-state index contributed by atoms with van der Waals surface area (Å²) in [4.78, 5) is 9.08. The van der Waals surface area contributed by atoms with E-state index in [-0.39, 0.29) is 5.82 Å². The molecule has 1 heterocycles. The molecular formula is C19H23FN2. The van der Waals surface area contributed by atoms with Crippen LogP contribution in [0.15, 0.2) is 36.5 Å². The second-order valence-electron chi connectivity index (χ2n) is 6.32. The molecule has 0 spiro atoms. The maximum absolute atomic E-state index is 13.0. The minimum Gasteiger partial charge on any atom is -0.237 e. The number of rotatable bonds is 4. The summed E-state index contributed by atoms with van der Waals surface area (Å²) in [6.45, 7) is 2.27. The topological polar surface area (TPSA) is 25.8 Å². The highest BCUT2D eigenvalue weighted by Crippen LogP contribution is 2.37. The fourth-order valence-corrected chi connectivity index (χ4v) is 3.49. The third-order valence-electron chi connectivity index (χ3n) is 4.74. The Labute approximate surface area is 131 Å². The van der Waals surface area contributed by atoms with Crippen LogP contribution in [0.25, 0.3) is 11.4 Å². The van der Waals surface area contributed by atoms with Crippen LogP contribution in [-0.2, 0) is 0 Å². The van der Waals surface area contributed by atoms with Crippen molar-refractivity contribution in [1.82, 2.24) is 9.97 Å². The lowest BCUT2D eigenvalue weighted by molar-refractivity contribution is 0.305. The fourth-order valence-electron chi connectivity index (χ4n) is 3.49. The van der Waals surface area contributed by atoms with Crippen LogP contribution in [0, 0.1) is 11.7 Å². The summed E-state index contributed by atoms with van der Waals surface area (Å²) >= 11 is 0. The molecule has 0 amide bonds. The van der Waals surface area contributed by atoms with Crippen LogP contribution in [-0.4, -0.2) is 9.97 Å². The SMILES string of the molecule is CCCC1CCC(c2ccnc(-c3ccc(F)cc3)n2)CC1. The minimum absolute atomic E-state index is 0.228. The van der Waals surface area contributed by atoms with E-state index in [1.165, 1.54) is 50.7 Å². The molecule has 116 valence electrons. The molecule has 1 aromatic carbocycles. The smallest absolute Gasteiger partial charge is 0.159 e. The molecule has 0 saturated heterocycles. The number of hydrogen-bond donors (Lipinski definition) is 0. The van der Waals surface area contributed by atoms with Crippen molar-refractivity contribution >= 4 is 0 Å². The Kier molecular flexibility index (Phi) is 4.81. The van der Waals surface area contributed by atoms with Gasteiger partial charge in [0.25, 0.3) is 0 Å². The maximum atomic E-state index is 13.0. The Morgan fingerprint density at radius 1 is 1.05 bits per heavy atom. The molecule has 0 unspecified atom stereocenters. The van der Waals surface area contributed by atoms with Gasteiger partial charge in [-0.2, -0.15) is 0 Å². The minimum atomic E-state index is -0.228. The van der Waals surface area contributed by atoms with Gasteiger partial charge in [0.2, 0.25) is 0 Å². The predicted octanol–water partition coefficient (Wildman–Crippen LogP) is 5.36. The van der Waals surface area contributed by atoms with Crippen LogP contribution in [0.1, 0.15) is 57.1 Å². The molecule has 0 radical (unpaired) electrons. The second kappa shape index (κ2) is 6.99. The lowest BCUT2D eigenvalue weighted by Crippen LogP contribution is -2.14. The Morgan fingerprint density at radius 2 is 1.77 bits per heavy atom. The van der Waals surface area contributed by atoms with Gasteiger partial charge in [0, 0.05) is 23.4 Å². The molecule has 1 fully saturated rings. The third kappa shape index (κ3) is 3.52. The van der Waals surface area contributed by atoms with Crippen molar-refractivity contribution in [1.29, 1.82) is 0 Å². The van der Waals surface area contributed by atoms with Crippen molar-refractivity contribution in [2.24, 2.45) is 5.92 Å². The average molecular weight is 298 g/mol. The molecule has 1 saturated carbocycles. The number of benzene rings is 1. The van der Waals surface area contributed by atoms with E-state index in [1.807, 2.05) is 12.3 Å². The molecule has 3 rings (SSSR count). The lowest BCUT2D eigenvalue weighted by Gasteiger charge is -2.28. The van der Waals surface area contributed by atoms with Gasteiger partial charge in [-0.25, -0.2) is 14.4 Å². The van der Waals surface area contributed by atoms with Crippen molar-refractivity contribution in [2.75, 3.05) is 0 Å². The monoisotopic (exact) mass is 298 g/mol. The Hall–Kier alpha value is -1.77. The summed E-state index contributed by atoms with van der Waals surface area (Å²) in [6, 6.07) is 8.44. The molecule has 1 aliphatic rings. The van der Waals surface area contributed by atoms with E-state index >= 15 is 0 Å². The van der Waals surface area contributed by atoms with E-state index in [2.05, 4.69) is 11.9 Å². The van der Waals surface area contributed by atoms with Gasteiger partial charge in [-0.3, -0.25) is 0 Å². The molecule has 2 nitrogen and oxygen atoms in total. The highest BCUT2D eigenvalue weighted by molar-refractivity contribution is 5.54. The average Bonchev–Trinajstić information content (AvgIpc) is 2.57. The number of hydrogen-bond acceptors (Lipinski definition) is 2. The summed E-state index contributed by atoms with van der Waals surface area (Å²) in [5.41, 5.74) is 2.02. The molecule has 0 atom stereocenters. The molecule has 0 bridgehead atoms. The van der Waals surface area contributed by atoms with Crippen molar-refractivity contribution < 1.29 is 4.39 Å². The third-order valence-corrected chi connectivity index (χ3v) is 4.74. The van der Waals surface area contributed by atoms with Gasteiger partial charge in [0.15, 0.2) is 5.82 Å². The summed E-state index contributed by atoms with van der Waals surface area (Å²) in [7, 11) is 0. The van der Waals surface area contributed by atoms with Crippen LogP contribution < -0.4 is 0 Å². The van der Waals surface area contributed by atoms with Gasteiger partial charge >= 0.3 is 0 Å². The standard InChI is InChI=1S/C19H23FN2/c1-2-3-14-4-6-15(7-5-14)18-12-13-21-19(22-18)16-8-10-17(20)11-9-16/h8-15H,2-7H2,1H3. The van der Waals surface area contributed by atoms with Crippen LogP contribution in [0.4, 0.5) is 4.39 Å². The van der Waals surface area contributed by atoms with Crippen molar-refractivity contribution in [3.63, 3.8) is 0 Å². The molecule has 2 aromatic rings. The molecule has 22 heavy (non-hydrogen) atoms. The first kappa shape index (κ1) is 15.1. The zero-order valence-electron chi connectivity index (χ0n) is 13.1. The Balaban J connectivity index is 1.73. The molecule has 1 aromatic heterocycles. The molecule has 0 N–H and O–H groups in total. The quantitative estimate of drug-likeness (QED) is 0.759. The first-order valence-electron chi connectivity index (χ1n) is 8.35. The van der Waals surface area contributed by atoms with E-state index < -0.39 is 0 Å². The molecule has 1 aliphatic carbocycles. The van der Waals surface area contributed by atoms with Gasteiger partial charge in [-0.1, -0.05) is 19.8 Å². The van der Waals surface area contributed by atoms with Gasteiger partial charge < -0.3 is 0 Å². The van der Waals surface area contributed by atoms with Crippen LogP contribution >= 0.6 is 0 Å². The van der Waals surface area contributed by atoms with Crippen LogP contribution in [0.2, 0.25) is 0 Å². The van der Waals surface area contributed by atoms with Crippen LogP contribution in [0.3, 0.4) is 0 Å². The van der Waals surface area contributed by atoms with E-state index in [4.69, 9.17) is 4.98 Å². The first-order valence-corrected chi connectivity index (χ1v) is 8.35. The van der Waals surface area contributed by atoms with E-state index in [1.54, 1.807) is 12.1 Å². The summed E-state index contributed by atoms with van der Waals surface area (Å²) in [5.74, 6) is 1.93. The second-order valence-corrected chi connectivity index (χ2v) is 6.32. The number of nitrogens with zero attached hydrogens (tertiary/aromatic N) is 2. The van der Waals surface area contributed by atoms with Gasteiger partial charge in [0.05, 0.1) is 0 Å². The normalized spacial score (nSPS) is 21.7. The van der Waals surface area contributed by atoms with Crippen molar-refractivity contribution in [3.05, 3.63) is 48.0 Å². The van der Waals surface area contributed by atoms with Crippen molar-refractivity contribution in [3.8, 4) is 11.4 Å². The highest BCUT2D eigenvalue weighted by atomic mass is 19.1. The Bertz CT molecular complexity index is 601. The highest BCUT2D eigenvalue weighted by Gasteiger charge is 2.23. The number of aromatic nitrogens is 2. The van der Waals surface area contributed by atoms with Gasteiger partial charge in [0.1, 0.15) is 5.82 Å². The summed E-state index contributed by atoms with van der Waals surface area (Å²) in [6.07, 6.45) is 9.56. The van der Waals surface area contributed by atoms with Crippen molar-refractivity contribution in [2.45, 2.75) is 51.4 Å². The van der Waals surface area contributed by atoms with E-state index in [0.717, 1.165) is 17.2 Å². The lowest BCUT2D eigenvalue weighted by atomic mass is 9.79. The van der Waals surface area contributed by atoms with Gasteiger partial charge in [-0.05, 0) is 61.9 Å². The Morgan fingerprint density at radius 3 is 2.45 bits per heavy atom.